The Morgan fingerprint density at radius 1 is 1.33 bits per heavy atom. The van der Waals surface area contributed by atoms with Crippen molar-refractivity contribution in [3.05, 3.63) is 30.5 Å². The Morgan fingerprint density at radius 2 is 2.07 bits per heavy atom. The van der Waals surface area contributed by atoms with Gasteiger partial charge >= 0.3 is 6.16 Å². The molecule has 2 N–H and O–H groups in total. The lowest BCUT2D eigenvalue weighted by molar-refractivity contribution is 0.143. The van der Waals surface area contributed by atoms with Gasteiger partial charge in [-0.3, -0.25) is 4.98 Å². The lowest BCUT2D eigenvalue weighted by Crippen LogP contribution is -2.03. The number of fused-ring (bicyclic) bond motifs is 1. The Kier molecular flexibility index (Phi) is 2.13. The molecule has 0 fully saturated rings. The highest BCUT2D eigenvalue weighted by Gasteiger charge is 2.10. The number of benzene rings is 1. The van der Waals surface area contributed by atoms with Gasteiger partial charge in [0.15, 0.2) is 11.5 Å². The molecule has 0 radical (unpaired) electrons. The van der Waals surface area contributed by atoms with Crippen molar-refractivity contribution in [2.45, 2.75) is 0 Å². The van der Waals surface area contributed by atoms with Crippen molar-refractivity contribution < 1.29 is 19.7 Å². The first-order valence-corrected chi connectivity index (χ1v) is 4.16. The van der Waals surface area contributed by atoms with E-state index >= 15 is 0 Å². The molecule has 5 heteroatoms. The summed E-state index contributed by atoms with van der Waals surface area (Å²) in [6, 6.07) is 6.83. The highest BCUT2D eigenvalue weighted by atomic mass is 16.7. The maximum atomic E-state index is 10.3. The molecular formula is C10H7NO4. The second-order valence-corrected chi connectivity index (χ2v) is 2.86. The molecule has 0 saturated heterocycles. The monoisotopic (exact) mass is 205 g/mol. The van der Waals surface area contributed by atoms with E-state index in [1.54, 1.807) is 24.3 Å². The lowest BCUT2D eigenvalue weighted by Gasteiger charge is -2.04. The minimum absolute atomic E-state index is 0.166. The average Bonchev–Trinajstić information content (AvgIpc) is 2.22. The van der Waals surface area contributed by atoms with Gasteiger partial charge in [0, 0.05) is 5.39 Å². The third kappa shape index (κ3) is 1.67. The summed E-state index contributed by atoms with van der Waals surface area (Å²) < 4.78 is 4.36. The normalized spacial score (nSPS) is 10.1. The Bertz CT molecular complexity index is 524. The first kappa shape index (κ1) is 9.26. The summed E-state index contributed by atoms with van der Waals surface area (Å²) in [4.78, 5) is 14.2. The van der Waals surface area contributed by atoms with Crippen LogP contribution in [0.3, 0.4) is 0 Å². The molecule has 76 valence electrons. The Hall–Kier alpha value is -2.30. The number of hydrogen-bond acceptors (Lipinski definition) is 4. The average molecular weight is 205 g/mol. The van der Waals surface area contributed by atoms with E-state index in [-0.39, 0.29) is 11.5 Å². The number of para-hydroxylation sites is 1. The molecule has 0 aliphatic heterocycles. The van der Waals surface area contributed by atoms with Gasteiger partial charge < -0.3 is 14.9 Å². The molecule has 2 rings (SSSR count). The summed E-state index contributed by atoms with van der Waals surface area (Å²) in [6.07, 6.45) is -0.311. The predicted octanol–water partition coefficient (Wildman–Crippen LogP) is 2.00. The standard InChI is InChI=1S/C10H7NO4/c12-9-6-3-1-2-4-7(6)11-5-8(9)15-10(13)14/h1-5H,(H,11,12)(H,13,14). The van der Waals surface area contributed by atoms with Crippen molar-refractivity contribution >= 4 is 17.1 Å². The number of rotatable bonds is 1. The van der Waals surface area contributed by atoms with Crippen LogP contribution in [0, 0.1) is 0 Å². The topological polar surface area (TPSA) is 79.7 Å². The SMILES string of the molecule is O=C(O)Oc1cnc2ccccc2c1O. The summed E-state index contributed by atoms with van der Waals surface area (Å²) in [5.41, 5.74) is 0.577. The largest absolute Gasteiger partial charge is 0.511 e. The van der Waals surface area contributed by atoms with E-state index in [2.05, 4.69) is 9.72 Å². The summed E-state index contributed by atoms with van der Waals surface area (Å²) >= 11 is 0. The lowest BCUT2D eigenvalue weighted by atomic mass is 10.2. The van der Waals surface area contributed by atoms with Crippen LogP contribution in [0.5, 0.6) is 11.5 Å². The molecule has 15 heavy (non-hydrogen) atoms. The number of pyridine rings is 1. The van der Waals surface area contributed by atoms with Gasteiger partial charge in [-0.2, -0.15) is 0 Å². The van der Waals surface area contributed by atoms with Crippen LogP contribution in [0.4, 0.5) is 4.79 Å². The van der Waals surface area contributed by atoms with E-state index in [0.29, 0.717) is 10.9 Å². The zero-order valence-electron chi connectivity index (χ0n) is 7.54. The molecule has 0 bridgehead atoms. The highest BCUT2D eigenvalue weighted by Crippen LogP contribution is 2.32. The molecule has 0 atom stereocenters. The quantitative estimate of drug-likeness (QED) is 0.696. The van der Waals surface area contributed by atoms with Gasteiger partial charge in [-0.1, -0.05) is 12.1 Å². The van der Waals surface area contributed by atoms with E-state index in [9.17, 15) is 9.90 Å². The second kappa shape index (κ2) is 3.45. The fraction of sp³-hybridized carbons (Fsp3) is 0. The summed E-state index contributed by atoms with van der Waals surface area (Å²) in [5.74, 6) is -0.385. The van der Waals surface area contributed by atoms with Gasteiger partial charge in [-0.15, -0.1) is 0 Å². The molecule has 0 saturated carbocycles. The first-order valence-electron chi connectivity index (χ1n) is 4.16. The fourth-order valence-electron chi connectivity index (χ4n) is 1.28. The van der Waals surface area contributed by atoms with Crippen LogP contribution >= 0.6 is 0 Å². The molecule has 1 heterocycles. The molecule has 5 nitrogen and oxygen atoms in total. The molecule has 0 spiro atoms. The van der Waals surface area contributed by atoms with Crippen LogP contribution in [-0.2, 0) is 0 Å². The highest BCUT2D eigenvalue weighted by molar-refractivity contribution is 5.87. The minimum Gasteiger partial charge on any atom is -0.504 e. The maximum absolute atomic E-state index is 10.3. The smallest absolute Gasteiger partial charge is 0.504 e. The Labute approximate surface area is 84.6 Å². The number of nitrogens with zero attached hydrogens (tertiary/aromatic N) is 1. The first-order chi connectivity index (χ1) is 7.18. The number of carbonyl (C=O) groups is 1. The molecular weight excluding hydrogens is 198 g/mol. The van der Waals surface area contributed by atoms with Gasteiger partial charge in [0.1, 0.15) is 0 Å². The van der Waals surface area contributed by atoms with Crippen LogP contribution in [0.15, 0.2) is 30.5 Å². The molecule has 0 unspecified atom stereocenters. The number of aromatic hydroxyl groups is 1. The van der Waals surface area contributed by atoms with Gasteiger partial charge in [0.25, 0.3) is 0 Å². The molecule has 1 aromatic carbocycles. The van der Waals surface area contributed by atoms with E-state index in [4.69, 9.17) is 5.11 Å². The fourth-order valence-corrected chi connectivity index (χ4v) is 1.28. The van der Waals surface area contributed by atoms with Crippen molar-refractivity contribution in [2.75, 3.05) is 0 Å². The summed E-state index contributed by atoms with van der Waals surface area (Å²) in [5, 5.41) is 18.5. The third-order valence-corrected chi connectivity index (χ3v) is 1.91. The summed E-state index contributed by atoms with van der Waals surface area (Å²) in [6.45, 7) is 0. The van der Waals surface area contributed by atoms with Gasteiger partial charge in [-0.25, -0.2) is 4.79 Å². The van der Waals surface area contributed by atoms with Crippen LogP contribution < -0.4 is 4.74 Å². The van der Waals surface area contributed by atoms with Crippen molar-refractivity contribution in [2.24, 2.45) is 0 Å². The minimum atomic E-state index is -1.48. The summed E-state index contributed by atoms with van der Waals surface area (Å²) in [7, 11) is 0. The van der Waals surface area contributed by atoms with Crippen LogP contribution in [0.2, 0.25) is 0 Å². The molecule has 0 amide bonds. The molecule has 2 aromatic rings. The van der Waals surface area contributed by atoms with Crippen molar-refractivity contribution in [1.29, 1.82) is 0 Å². The van der Waals surface area contributed by atoms with E-state index in [0.717, 1.165) is 0 Å². The maximum Gasteiger partial charge on any atom is 0.511 e. The molecule has 1 aromatic heterocycles. The van der Waals surface area contributed by atoms with Gasteiger partial charge in [0.05, 0.1) is 11.7 Å². The number of ether oxygens (including phenoxy) is 1. The van der Waals surface area contributed by atoms with E-state index in [1.165, 1.54) is 6.20 Å². The zero-order valence-corrected chi connectivity index (χ0v) is 7.54. The number of hydrogen-bond donors (Lipinski definition) is 2. The van der Waals surface area contributed by atoms with Crippen molar-refractivity contribution in [3.63, 3.8) is 0 Å². The van der Waals surface area contributed by atoms with Gasteiger partial charge in [-0.05, 0) is 12.1 Å². The molecule has 0 aliphatic rings. The third-order valence-electron chi connectivity index (χ3n) is 1.91. The second-order valence-electron chi connectivity index (χ2n) is 2.86. The van der Waals surface area contributed by atoms with E-state index < -0.39 is 6.16 Å². The molecule has 0 aliphatic carbocycles. The number of carboxylic acid groups (broad SMARTS) is 1. The predicted molar refractivity (Wildman–Crippen MR) is 52.1 cm³/mol. The number of aromatic nitrogens is 1. The van der Waals surface area contributed by atoms with Crippen molar-refractivity contribution in [3.8, 4) is 11.5 Å². The van der Waals surface area contributed by atoms with Crippen molar-refractivity contribution in [1.82, 2.24) is 4.98 Å². The van der Waals surface area contributed by atoms with Crippen LogP contribution in [0.1, 0.15) is 0 Å². The Morgan fingerprint density at radius 3 is 2.80 bits per heavy atom. The van der Waals surface area contributed by atoms with Crippen LogP contribution in [0.25, 0.3) is 10.9 Å². The van der Waals surface area contributed by atoms with Crippen LogP contribution in [-0.4, -0.2) is 21.4 Å². The Balaban J connectivity index is 2.59. The van der Waals surface area contributed by atoms with E-state index in [1.807, 2.05) is 0 Å². The van der Waals surface area contributed by atoms with Gasteiger partial charge in [0.2, 0.25) is 0 Å². The zero-order chi connectivity index (χ0) is 10.8.